The van der Waals surface area contributed by atoms with Gasteiger partial charge in [0.05, 0.1) is 57.7 Å². The quantitative estimate of drug-likeness (QED) is 0.157. The topological polar surface area (TPSA) is 135 Å². The summed E-state index contributed by atoms with van der Waals surface area (Å²) in [5.41, 5.74) is 8.72. The number of nitrogens with zero attached hydrogens (tertiary/aromatic N) is 7. The molecule has 13 nitrogen and oxygen atoms in total. The standard InChI is InChI=1S/C24H20Cl2F2N4O3.C16H14Cl2N4O2.C8H9Br/c25-18-6-3-15(11-19(18)26)22(33)30-8-7-20-17(13-30)21-23(34)31(9-10-32(21)29-20)12-14-1-4-16(5-2-14)35-24(27)28;17-11-2-1-9(7-12(11)18)16(24)21-5-3-13-10(8-21)14-15(23)19-4-6-22(14)20-13;1-7-2-4-8(6-9)5-3-7/h1-6,11,24H,7-10,12-13H2;1-2,7H,3-6,8H2,(H,19,23);2-5H,6H2,1H3. The molecule has 0 saturated carbocycles. The van der Waals surface area contributed by atoms with E-state index in [4.69, 9.17) is 46.4 Å². The van der Waals surface area contributed by atoms with Gasteiger partial charge in [0.25, 0.3) is 23.6 Å². The third-order valence-electron chi connectivity index (χ3n) is 11.8. The summed E-state index contributed by atoms with van der Waals surface area (Å²) < 4.78 is 32.6. The van der Waals surface area contributed by atoms with E-state index in [0.29, 0.717) is 108 Å². The highest BCUT2D eigenvalue weighted by atomic mass is 79.9. The molecule has 354 valence electrons. The van der Waals surface area contributed by atoms with Crippen LogP contribution in [0.2, 0.25) is 20.1 Å². The number of ether oxygens (including phenoxy) is 1. The first-order valence-corrected chi connectivity index (χ1v) is 24.2. The molecule has 0 fully saturated rings. The van der Waals surface area contributed by atoms with Crippen molar-refractivity contribution in [3.8, 4) is 5.75 Å². The monoisotopic (exact) mass is 1070 g/mol. The summed E-state index contributed by atoms with van der Waals surface area (Å²) in [6.07, 6.45) is 1.18. The normalized spacial score (nSPS) is 14.9. The number of rotatable bonds is 7. The van der Waals surface area contributed by atoms with Gasteiger partial charge in [0.1, 0.15) is 17.1 Å². The Labute approximate surface area is 418 Å². The van der Waals surface area contributed by atoms with Crippen molar-refractivity contribution in [2.24, 2.45) is 0 Å². The van der Waals surface area contributed by atoms with Crippen LogP contribution in [0.4, 0.5) is 8.78 Å². The summed E-state index contributed by atoms with van der Waals surface area (Å²) in [5, 5.41) is 14.4. The van der Waals surface area contributed by atoms with Crippen LogP contribution >= 0.6 is 62.3 Å². The van der Waals surface area contributed by atoms with E-state index in [1.165, 1.54) is 23.3 Å². The van der Waals surface area contributed by atoms with Gasteiger partial charge in [-0.15, -0.1) is 0 Å². The number of amides is 4. The van der Waals surface area contributed by atoms with Gasteiger partial charge in [-0.2, -0.15) is 19.0 Å². The van der Waals surface area contributed by atoms with Crippen LogP contribution in [0.25, 0.3) is 0 Å². The molecule has 2 aromatic heterocycles. The first-order chi connectivity index (χ1) is 32.7. The van der Waals surface area contributed by atoms with Gasteiger partial charge in [0.15, 0.2) is 0 Å². The number of alkyl halides is 3. The molecule has 0 radical (unpaired) electrons. The van der Waals surface area contributed by atoms with E-state index in [1.54, 1.807) is 72.6 Å². The van der Waals surface area contributed by atoms with Gasteiger partial charge in [-0.1, -0.05) is 104 Å². The fourth-order valence-electron chi connectivity index (χ4n) is 8.29. The minimum atomic E-state index is -2.89. The number of hydrogen-bond donors (Lipinski definition) is 1. The lowest BCUT2D eigenvalue weighted by atomic mass is 10.0. The molecule has 6 heterocycles. The van der Waals surface area contributed by atoms with Crippen molar-refractivity contribution >= 4 is 86.0 Å². The second-order valence-corrected chi connectivity index (χ2v) is 18.5. The molecule has 0 saturated heterocycles. The van der Waals surface area contributed by atoms with E-state index in [9.17, 15) is 28.0 Å². The average Bonchev–Trinajstić information content (AvgIpc) is 3.91. The zero-order valence-corrected chi connectivity index (χ0v) is 41.1. The molecule has 20 heteroatoms. The number of carbonyl (C=O) groups is 4. The maximum atomic E-state index is 13.4. The van der Waals surface area contributed by atoms with Crippen LogP contribution < -0.4 is 10.1 Å². The molecule has 6 aromatic rings. The van der Waals surface area contributed by atoms with E-state index in [-0.39, 0.29) is 35.9 Å². The summed E-state index contributed by atoms with van der Waals surface area (Å²) >= 11 is 27.3. The predicted octanol–water partition coefficient (Wildman–Crippen LogP) is 9.67. The van der Waals surface area contributed by atoms with Crippen molar-refractivity contribution < 1.29 is 32.7 Å². The van der Waals surface area contributed by atoms with Crippen molar-refractivity contribution in [3.63, 3.8) is 0 Å². The lowest BCUT2D eigenvalue weighted by Gasteiger charge is -2.30. The van der Waals surface area contributed by atoms with Crippen molar-refractivity contribution in [2.75, 3.05) is 26.2 Å². The van der Waals surface area contributed by atoms with Crippen LogP contribution in [0.1, 0.15) is 80.9 Å². The lowest BCUT2D eigenvalue weighted by molar-refractivity contribution is -0.0498. The molecule has 4 aromatic carbocycles. The van der Waals surface area contributed by atoms with Gasteiger partial charge in [-0.25, -0.2) is 0 Å². The molecule has 1 N–H and O–H groups in total. The minimum absolute atomic E-state index is 0.0626. The minimum Gasteiger partial charge on any atom is -0.435 e. The summed E-state index contributed by atoms with van der Waals surface area (Å²) in [4.78, 5) is 56.5. The number of carbonyl (C=O) groups excluding carboxylic acids is 4. The summed E-state index contributed by atoms with van der Waals surface area (Å²) in [7, 11) is 0. The lowest BCUT2D eigenvalue weighted by Crippen LogP contribution is -2.41. The highest BCUT2D eigenvalue weighted by molar-refractivity contribution is 9.08. The highest BCUT2D eigenvalue weighted by Gasteiger charge is 2.36. The molecule has 4 amide bonds. The molecule has 68 heavy (non-hydrogen) atoms. The number of halogens is 7. The van der Waals surface area contributed by atoms with E-state index in [2.05, 4.69) is 67.4 Å². The molecule has 4 aliphatic rings. The molecule has 0 spiro atoms. The summed E-state index contributed by atoms with van der Waals surface area (Å²) in [5.74, 6) is -0.566. The zero-order chi connectivity index (χ0) is 48.2. The molecule has 0 unspecified atom stereocenters. The Bertz CT molecular complexity index is 2880. The summed E-state index contributed by atoms with van der Waals surface area (Å²) in [6.45, 7) is 3.44. The van der Waals surface area contributed by atoms with Crippen LogP contribution in [-0.2, 0) is 50.9 Å². The molecule has 0 aliphatic carbocycles. The highest BCUT2D eigenvalue weighted by Crippen LogP contribution is 2.31. The zero-order valence-electron chi connectivity index (χ0n) is 36.5. The Kier molecular flexibility index (Phi) is 15.4. The first kappa shape index (κ1) is 48.9. The second kappa shape index (κ2) is 21.4. The van der Waals surface area contributed by atoms with Gasteiger partial charge in [0, 0.05) is 73.1 Å². The van der Waals surface area contributed by atoms with Crippen LogP contribution in [0.5, 0.6) is 5.75 Å². The van der Waals surface area contributed by atoms with Gasteiger partial charge < -0.3 is 24.8 Å². The van der Waals surface area contributed by atoms with Crippen LogP contribution in [0.15, 0.2) is 84.9 Å². The Morgan fingerprint density at radius 1 is 0.691 bits per heavy atom. The van der Waals surface area contributed by atoms with E-state index in [0.717, 1.165) is 33.4 Å². The number of fused-ring (bicyclic) bond motifs is 6. The average molecular weight is 1070 g/mol. The van der Waals surface area contributed by atoms with Gasteiger partial charge in [-0.05, 0) is 66.6 Å². The maximum Gasteiger partial charge on any atom is 0.387 e. The third kappa shape index (κ3) is 11.0. The van der Waals surface area contributed by atoms with Crippen molar-refractivity contribution in [2.45, 2.75) is 64.4 Å². The number of aromatic nitrogens is 4. The molecule has 10 rings (SSSR count). The third-order valence-corrected chi connectivity index (χ3v) is 13.9. The molecule has 0 bridgehead atoms. The van der Waals surface area contributed by atoms with Crippen LogP contribution in [0, 0.1) is 6.92 Å². The number of nitrogens with one attached hydrogen (secondary N) is 1. The fourth-order valence-corrected chi connectivity index (χ4v) is 9.26. The van der Waals surface area contributed by atoms with Crippen molar-refractivity contribution in [3.05, 3.63) is 167 Å². The summed E-state index contributed by atoms with van der Waals surface area (Å²) in [6, 6.07) is 24.3. The first-order valence-electron chi connectivity index (χ1n) is 21.6. The van der Waals surface area contributed by atoms with E-state index < -0.39 is 6.61 Å². The SMILES string of the molecule is Cc1ccc(CBr)cc1.O=C(c1ccc(Cl)c(Cl)c1)N1CCc2nn3c(c2C1)C(=O)N(Cc1ccc(OC(F)F)cc1)CC3.O=C1NCCn2nc3c(c21)CN(C(=O)c1ccc(Cl)c(Cl)c1)CC3. The fraction of sp³-hybridized carbons (Fsp3) is 0.292. The smallest absolute Gasteiger partial charge is 0.387 e. The second-order valence-electron chi connectivity index (χ2n) is 16.3. The molecule has 4 aliphatic heterocycles. The number of hydrogen-bond acceptors (Lipinski definition) is 7. The van der Waals surface area contributed by atoms with Gasteiger partial charge >= 0.3 is 6.61 Å². The Hall–Kier alpha value is -5.52. The van der Waals surface area contributed by atoms with Gasteiger partial charge in [0.2, 0.25) is 0 Å². The molecular formula is C48H43BrCl4F2N8O5. The Morgan fingerprint density at radius 2 is 1.22 bits per heavy atom. The van der Waals surface area contributed by atoms with Crippen molar-refractivity contribution in [1.82, 2.24) is 39.6 Å². The molecule has 0 atom stereocenters. The largest absolute Gasteiger partial charge is 0.435 e. The van der Waals surface area contributed by atoms with Gasteiger partial charge in [-0.3, -0.25) is 28.5 Å². The van der Waals surface area contributed by atoms with E-state index >= 15 is 0 Å². The predicted molar refractivity (Wildman–Crippen MR) is 258 cm³/mol. The van der Waals surface area contributed by atoms with Crippen molar-refractivity contribution in [1.29, 1.82) is 0 Å². The maximum absolute atomic E-state index is 13.4. The molecular weight excluding hydrogens is 1030 g/mol. The Morgan fingerprint density at radius 3 is 1.75 bits per heavy atom. The van der Waals surface area contributed by atoms with E-state index in [1.807, 2.05) is 0 Å². The van der Waals surface area contributed by atoms with Crippen LogP contribution in [-0.4, -0.2) is 90.7 Å². The van der Waals surface area contributed by atoms with Crippen LogP contribution in [0.3, 0.4) is 0 Å². The number of benzene rings is 4. The number of aryl methyl sites for hydroxylation is 1. The Balaban J connectivity index is 0.000000162.